The average Bonchev–Trinajstić information content (AvgIpc) is 2.56. The number of nitrogens with two attached hydrogens (primary N) is 1. The summed E-state index contributed by atoms with van der Waals surface area (Å²) in [6.07, 6.45) is 0.816. The molecular weight excluding hydrogens is 310 g/mol. The standard InChI is InChI=1S/C19H24ClNO2/c1-3-22-18-8-6-5-7-15(18)11-16(13-21)14-9-10-19(23-4-2)17(20)12-14/h5-10,12,16H,3-4,11,13,21H2,1-2H3. The molecule has 4 heteroatoms. The molecule has 2 aromatic rings. The van der Waals surface area contributed by atoms with Crippen LogP contribution in [0.2, 0.25) is 5.02 Å². The van der Waals surface area contributed by atoms with Gasteiger partial charge in [-0.1, -0.05) is 35.9 Å². The van der Waals surface area contributed by atoms with E-state index < -0.39 is 0 Å². The van der Waals surface area contributed by atoms with E-state index in [0.717, 1.165) is 23.3 Å². The van der Waals surface area contributed by atoms with Gasteiger partial charge in [-0.05, 0) is 56.1 Å². The highest BCUT2D eigenvalue weighted by molar-refractivity contribution is 6.32. The molecule has 0 aliphatic heterocycles. The lowest BCUT2D eigenvalue weighted by Gasteiger charge is -2.18. The zero-order valence-corrected chi connectivity index (χ0v) is 14.5. The molecule has 2 rings (SSSR count). The molecule has 0 saturated carbocycles. The number of halogens is 1. The van der Waals surface area contributed by atoms with Crippen molar-refractivity contribution in [2.45, 2.75) is 26.2 Å². The van der Waals surface area contributed by atoms with E-state index in [9.17, 15) is 0 Å². The highest BCUT2D eigenvalue weighted by atomic mass is 35.5. The van der Waals surface area contributed by atoms with Crippen LogP contribution in [-0.2, 0) is 6.42 Å². The smallest absolute Gasteiger partial charge is 0.137 e. The molecule has 23 heavy (non-hydrogen) atoms. The van der Waals surface area contributed by atoms with Gasteiger partial charge in [-0.15, -0.1) is 0 Å². The lowest BCUT2D eigenvalue weighted by Crippen LogP contribution is -2.15. The molecule has 1 unspecified atom stereocenters. The van der Waals surface area contributed by atoms with E-state index in [1.54, 1.807) is 0 Å². The van der Waals surface area contributed by atoms with E-state index >= 15 is 0 Å². The molecule has 3 nitrogen and oxygen atoms in total. The van der Waals surface area contributed by atoms with Crippen LogP contribution in [0.4, 0.5) is 0 Å². The molecule has 0 aliphatic rings. The summed E-state index contributed by atoms with van der Waals surface area (Å²) < 4.78 is 11.2. The van der Waals surface area contributed by atoms with Crippen LogP contribution in [0.5, 0.6) is 11.5 Å². The normalized spacial score (nSPS) is 12.0. The highest BCUT2D eigenvalue weighted by Crippen LogP contribution is 2.31. The van der Waals surface area contributed by atoms with Gasteiger partial charge in [0.15, 0.2) is 0 Å². The van der Waals surface area contributed by atoms with Gasteiger partial charge in [-0.3, -0.25) is 0 Å². The fraction of sp³-hybridized carbons (Fsp3) is 0.368. The van der Waals surface area contributed by atoms with Crippen LogP contribution < -0.4 is 15.2 Å². The van der Waals surface area contributed by atoms with Gasteiger partial charge < -0.3 is 15.2 Å². The summed E-state index contributed by atoms with van der Waals surface area (Å²) in [6.45, 7) is 5.73. The molecule has 0 saturated heterocycles. The number of para-hydroxylation sites is 1. The van der Waals surface area contributed by atoms with Gasteiger partial charge in [0.05, 0.1) is 18.2 Å². The van der Waals surface area contributed by atoms with E-state index in [4.69, 9.17) is 26.8 Å². The minimum atomic E-state index is 0.185. The van der Waals surface area contributed by atoms with Crippen molar-refractivity contribution in [1.29, 1.82) is 0 Å². The van der Waals surface area contributed by atoms with Crippen molar-refractivity contribution >= 4 is 11.6 Å². The van der Waals surface area contributed by atoms with Crippen LogP contribution >= 0.6 is 11.6 Å². The molecule has 1 atom stereocenters. The Morgan fingerprint density at radius 1 is 1.00 bits per heavy atom. The minimum absolute atomic E-state index is 0.185. The molecule has 0 amide bonds. The van der Waals surface area contributed by atoms with Gasteiger partial charge in [0, 0.05) is 5.92 Å². The molecule has 0 spiro atoms. The van der Waals surface area contributed by atoms with Crippen LogP contribution in [-0.4, -0.2) is 19.8 Å². The molecule has 0 aromatic heterocycles. The molecule has 0 fully saturated rings. The topological polar surface area (TPSA) is 44.5 Å². The van der Waals surface area contributed by atoms with Gasteiger partial charge in [-0.2, -0.15) is 0 Å². The Kier molecular flexibility index (Phi) is 6.75. The Morgan fingerprint density at radius 2 is 1.70 bits per heavy atom. The summed E-state index contributed by atoms with van der Waals surface area (Å²) >= 11 is 6.30. The third kappa shape index (κ3) is 4.63. The van der Waals surface area contributed by atoms with Crippen LogP contribution in [0.15, 0.2) is 42.5 Å². The summed E-state index contributed by atoms with van der Waals surface area (Å²) in [4.78, 5) is 0. The highest BCUT2D eigenvalue weighted by Gasteiger charge is 2.15. The molecule has 2 N–H and O–H groups in total. The second kappa shape index (κ2) is 8.80. The Hall–Kier alpha value is -1.71. The van der Waals surface area contributed by atoms with Crippen molar-refractivity contribution in [1.82, 2.24) is 0 Å². The summed E-state index contributed by atoms with van der Waals surface area (Å²) in [5, 5.41) is 0.626. The third-order valence-electron chi connectivity index (χ3n) is 3.75. The first-order chi connectivity index (χ1) is 11.2. The lowest BCUT2D eigenvalue weighted by atomic mass is 9.91. The molecule has 0 heterocycles. The van der Waals surface area contributed by atoms with Crippen molar-refractivity contribution in [2.75, 3.05) is 19.8 Å². The quantitative estimate of drug-likeness (QED) is 0.777. The second-order valence-corrected chi connectivity index (χ2v) is 5.71. The second-order valence-electron chi connectivity index (χ2n) is 5.30. The Morgan fingerprint density at radius 3 is 2.35 bits per heavy atom. The van der Waals surface area contributed by atoms with E-state index in [2.05, 4.69) is 6.07 Å². The third-order valence-corrected chi connectivity index (χ3v) is 4.05. The zero-order chi connectivity index (χ0) is 16.7. The SMILES string of the molecule is CCOc1ccc(C(CN)Cc2ccccc2OCC)cc1Cl. The molecule has 0 aliphatic carbocycles. The Bertz CT molecular complexity index is 631. The maximum Gasteiger partial charge on any atom is 0.137 e. The van der Waals surface area contributed by atoms with Gasteiger partial charge in [0.1, 0.15) is 11.5 Å². The number of rotatable bonds is 8. The van der Waals surface area contributed by atoms with Crippen LogP contribution in [0.3, 0.4) is 0 Å². The molecule has 0 bridgehead atoms. The van der Waals surface area contributed by atoms with E-state index in [1.807, 2.05) is 50.2 Å². The van der Waals surface area contributed by atoms with Crippen molar-refractivity contribution < 1.29 is 9.47 Å². The maximum absolute atomic E-state index is 6.30. The first-order valence-corrected chi connectivity index (χ1v) is 8.40. The molecular formula is C19H24ClNO2. The Balaban J connectivity index is 2.22. The number of benzene rings is 2. The van der Waals surface area contributed by atoms with Gasteiger partial charge in [0.25, 0.3) is 0 Å². The van der Waals surface area contributed by atoms with Crippen molar-refractivity contribution in [2.24, 2.45) is 5.73 Å². The van der Waals surface area contributed by atoms with Gasteiger partial charge >= 0.3 is 0 Å². The zero-order valence-electron chi connectivity index (χ0n) is 13.7. The van der Waals surface area contributed by atoms with Crippen LogP contribution in [0.1, 0.15) is 30.9 Å². The summed E-state index contributed by atoms with van der Waals surface area (Å²) in [5.41, 5.74) is 8.29. The Labute approximate surface area is 143 Å². The molecule has 0 radical (unpaired) electrons. The van der Waals surface area contributed by atoms with Crippen molar-refractivity contribution in [3.05, 3.63) is 58.6 Å². The van der Waals surface area contributed by atoms with Gasteiger partial charge in [0.2, 0.25) is 0 Å². The van der Waals surface area contributed by atoms with E-state index in [0.29, 0.717) is 30.5 Å². The molecule has 124 valence electrons. The minimum Gasteiger partial charge on any atom is -0.494 e. The fourth-order valence-corrected chi connectivity index (χ4v) is 2.86. The average molecular weight is 334 g/mol. The first kappa shape index (κ1) is 17.6. The fourth-order valence-electron chi connectivity index (χ4n) is 2.62. The van der Waals surface area contributed by atoms with Crippen LogP contribution in [0.25, 0.3) is 0 Å². The van der Waals surface area contributed by atoms with Crippen molar-refractivity contribution in [3.8, 4) is 11.5 Å². The number of hydrogen-bond donors (Lipinski definition) is 1. The number of ether oxygens (including phenoxy) is 2. The van der Waals surface area contributed by atoms with Crippen LogP contribution in [0, 0.1) is 0 Å². The maximum atomic E-state index is 6.30. The summed E-state index contributed by atoms with van der Waals surface area (Å²) in [7, 11) is 0. The summed E-state index contributed by atoms with van der Waals surface area (Å²) in [5.74, 6) is 1.82. The monoisotopic (exact) mass is 333 g/mol. The predicted octanol–water partition coefficient (Wildman–Crippen LogP) is 4.42. The van der Waals surface area contributed by atoms with E-state index in [1.165, 1.54) is 0 Å². The van der Waals surface area contributed by atoms with Crippen molar-refractivity contribution in [3.63, 3.8) is 0 Å². The largest absolute Gasteiger partial charge is 0.494 e. The summed E-state index contributed by atoms with van der Waals surface area (Å²) in [6, 6.07) is 14.0. The first-order valence-electron chi connectivity index (χ1n) is 8.02. The lowest BCUT2D eigenvalue weighted by molar-refractivity contribution is 0.335. The van der Waals surface area contributed by atoms with E-state index in [-0.39, 0.29) is 5.92 Å². The van der Waals surface area contributed by atoms with Gasteiger partial charge in [-0.25, -0.2) is 0 Å². The predicted molar refractivity (Wildman–Crippen MR) is 95.7 cm³/mol. The number of hydrogen-bond acceptors (Lipinski definition) is 3. The molecule has 2 aromatic carbocycles.